The second-order valence-electron chi connectivity index (χ2n) is 7.32. The minimum atomic E-state index is -0.295. The highest BCUT2D eigenvalue weighted by atomic mass is 35.5. The molecule has 1 aromatic heterocycles. The number of aromatic nitrogens is 1. The van der Waals surface area contributed by atoms with Gasteiger partial charge in [-0.25, -0.2) is 4.99 Å². The number of thioether (sulfide) groups is 1. The van der Waals surface area contributed by atoms with Crippen molar-refractivity contribution in [1.82, 2.24) is 9.88 Å². The number of fused-ring (bicyclic) bond motifs is 1. The van der Waals surface area contributed by atoms with Crippen LogP contribution in [-0.4, -0.2) is 28.2 Å². The third-order valence-corrected chi connectivity index (χ3v) is 6.32. The van der Waals surface area contributed by atoms with Crippen molar-refractivity contribution < 1.29 is 14.3 Å². The fourth-order valence-electron chi connectivity index (χ4n) is 3.64. The largest absolute Gasteiger partial charge is 0.465 e. The van der Waals surface area contributed by atoms with Gasteiger partial charge in [0.2, 0.25) is 0 Å². The summed E-state index contributed by atoms with van der Waals surface area (Å²) in [5.41, 5.74) is 4.38. The molecule has 164 valence electrons. The number of para-hydroxylation sites is 1. The summed E-state index contributed by atoms with van der Waals surface area (Å²) in [6, 6.07) is 13.2. The first kappa shape index (κ1) is 22.2. The summed E-state index contributed by atoms with van der Waals surface area (Å²) < 4.78 is 7.05. The normalized spacial score (nSPS) is 16.2. The molecule has 6 nitrogen and oxygen atoms in total. The van der Waals surface area contributed by atoms with Gasteiger partial charge in [-0.3, -0.25) is 9.59 Å². The number of hydrogen-bond donors (Lipinski definition) is 1. The number of ether oxygens (including phenoxy) is 1. The molecule has 0 aliphatic carbocycles. The van der Waals surface area contributed by atoms with Gasteiger partial charge in [-0.15, -0.1) is 0 Å². The van der Waals surface area contributed by atoms with Crippen LogP contribution in [0.1, 0.15) is 23.7 Å². The van der Waals surface area contributed by atoms with Gasteiger partial charge in [-0.05, 0) is 68.4 Å². The van der Waals surface area contributed by atoms with Crippen molar-refractivity contribution in [3.63, 3.8) is 0 Å². The fourth-order valence-corrected chi connectivity index (χ4v) is 4.69. The van der Waals surface area contributed by atoms with Crippen LogP contribution in [0.25, 0.3) is 17.0 Å². The predicted octanol–water partition coefficient (Wildman–Crippen LogP) is 5.37. The van der Waals surface area contributed by atoms with Crippen molar-refractivity contribution >= 4 is 63.1 Å². The Morgan fingerprint density at radius 2 is 2.03 bits per heavy atom. The number of benzene rings is 2. The molecule has 0 atom stereocenters. The van der Waals surface area contributed by atoms with Crippen molar-refractivity contribution in [2.24, 2.45) is 4.99 Å². The minimum Gasteiger partial charge on any atom is -0.465 e. The molecule has 1 saturated heterocycles. The average Bonchev–Trinajstić information content (AvgIpc) is 3.22. The number of amides is 1. The van der Waals surface area contributed by atoms with Gasteiger partial charge in [0.15, 0.2) is 5.17 Å². The highest BCUT2D eigenvalue weighted by molar-refractivity contribution is 8.18. The molecule has 8 heteroatoms. The second kappa shape index (κ2) is 9.22. The zero-order valence-electron chi connectivity index (χ0n) is 17.9. The second-order valence-corrected chi connectivity index (χ2v) is 8.79. The van der Waals surface area contributed by atoms with Crippen LogP contribution in [0, 0.1) is 13.8 Å². The van der Waals surface area contributed by atoms with Crippen LogP contribution in [0.5, 0.6) is 0 Å². The lowest BCUT2D eigenvalue weighted by molar-refractivity contribution is -0.143. The highest BCUT2D eigenvalue weighted by Crippen LogP contribution is 2.33. The maximum absolute atomic E-state index is 12.7. The van der Waals surface area contributed by atoms with Crippen molar-refractivity contribution in [3.05, 3.63) is 69.2 Å². The zero-order chi connectivity index (χ0) is 22.8. The summed E-state index contributed by atoms with van der Waals surface area (Å²) in [4.78, 5) is 29.9. The number of nitrogens with one attached hydrogen (secondary N) is 1. The molecule has 1 N–H and O–H groups in total. The van der Waals surface area contributed by atoms with Crippen LogP contribution < -0.4 is 5.32 Å². The van der Waals surface area contributed by atoms with E-state index in [1.54, 1.807) is 13.0 Å². The molecule has 2 heterocycles. The number of rotatable bonds is 5. The Labute approximate surface area is 195 Å². The summed E-state index contributed by atoms with van der Waals surface area (Å²) >= 11 is 7.31. The molecule has 0 bridgehead atoms. The molecule has 1 fully saturated rings. The van der Waals surface area contributed by atoms with Crippen LogP contribution in [0.3, 0.4) is 0 Å². The van der Waals surface area contributed by atoms with E-state index >= 15 is 0 Å². The number of carbonyl (C=O) groups is 2. The van der Waals surface area contributed by atoms with Gasteiger partial charge in [-0.1, -0.05) is 29.8 Å². The van der Waals surface area contributed by atoms with Crippen molar-refractivity contribution in [1.29, 1.82) is 0 Å². The van der Waals surface area contributed by atoms with Gasteiger partial charge < -0.3 is 14.6 Å². The summed E-state index contributed by atoms with van der Waals surface area (Å²) in [6.45, 7) is 6.10. The summed E-state index contributed by atoms with van der Waals surface area (Å²) in [6.07, 6.45) is 1.86. The quantitative estimate of drug-likeness (QED) is 0.404. The third-order valence-electron chi connectivity index (χ3n) is 5.18. The van der Waals surface area contributed by atoms with Gasteiger partial charge in [-0.2, -0.15) is 0 Å². The van der Waals surface area contributed by atoms with Gasteiger partial charge >= 0.3 is 5.97 Å². The van der Waals surface area contributed by atoms with E-state index in [0.717, 1.165) is 33.4 Å². The molecule has 2 aromatic carbocycles. The van der Waals surface area contributed by atoms with Gasteiger partial charge in [0.25, 0.3) is 5.91 Å². The minimum absolute atomic E-state index is 0.116. The van der Waals surface area contributed by atoms with Gasteiger partial charge in [0.1, 0.15) is 6.54 Å². The summed E-state index contributed by atoms with van der Waals surface area (Å²) in [5, 5.41) is 4.95. The predicted molar refractivity (Wildman–Crippen MR) is 130 cm³/mol. The monoisotopic (exact) mass is 467 g/mol. The Morgan fingerprint density at radius 1 is 1.25 bits per heavy atom. The number of aliphatic imine (C=N–C) groups is 1. The number of amidine groups is 1. The van der Waals surface area contributed by atoms with E-state index in [2.05, 4.69) is 10.3 Å². The zero-order valence-corrected chi connectivity index (χ0v) is 19.5. The smallest absolute Gasteiger partial charge is 0.325 e. The van der Waals surface area contributed by atoms with E-state index in [-0.39, 0.29) is 18.4 Å². The summed E-state index contributed by atoms with van der Waals surface area (Å²) in [7, 11) is 0. The Hall–Kier alpha value is -3.03. The van der Waals surface area contributed by atoms with Gasteiger partial charge in [0.05, 0.1) is 17.2 Å². The average molecular weight is 468 g/mol. The molecule has 0 unspecified atom stereocenters. The van der Waals surface area contributed by atoms with Crippen molar-refractivity contribution in [3.8, 4) is 0 Å². The number of carbonyl (C=O) groups excluding carboxylic acids is 2. The van der Waals surface area contributed by atoms with Crippen LogP contribution in [-0.2, 0) is 20.9 Å². The Balaban J connectivity index is 1.70. The molecule has 3 aromatic rings. The van der Waals surface area contributed by atoms with E-state index in [1.165, 1.54) is 11.8 Å². The number of aryl methyl sites for hydroxylation is 1. The van der Waals surface area contributed by atoms with E-state index < -0.39 is 0 Å². The van der Waals surface area contributed by atoms with Crippen molar-refractivity contribution in [2.75, 3.05) is 6.61 Å². The van der Waals surface area contributed by atoms with E-state index in [1.807, 2.05) is 60.9 Å². The molecular formula is C24H22ClN3O3S. The van der Waals surface area contributed by atoms with Crippen LogP contribution in [0.4, 0.5) is 5.69 Å². The number of esters is 1. The Kier molecular flexibility index (Phi) is 6.39. The molecule has 0 radical (unpaired) electrons. The molecule has 32 heavy (non-hydrogen) atoms. The molecule has 4 rings (SSSR count). The van der Waals surface area contributed by atoms with E-state index in [0.29, 0.717) is 21.7 Å². The lowest BCUT2D eigenvalue weighted by atomic mass is 10.1. The first-order valence-corrected chi connectivity index (χ1v) is 11.4. The number of halogens is 1. The van der Waals surface area contributed by atoms with Gasteiger partial charge in [0, 0.05) is 27.2 Å². The van der Waals surface area contributed by atoms with Crippen LogP contribution in [0.15, 0.2) is 52.4 Å². The highest BCUT2D eigenvalue weighted by Gasteiger charge is 2.25. The van der Waals surface area contributed by atoms with E-state index in [4.69, 9.17) is 16.3 Å². The fraction of sp³-hybridized carbons (Fsp3) is 0.208. The molecular weight excluding hydrogens is 446 g/mol. The first-order chi connectivity index (χ1) is 15.4. The number of hydrogen-bond acceptors (Lipinski definition) is 5. The van der Waals surface area contributed by atoms with Crippen molar-refractivity contribution in [2.45, 2.75) is 27.3 Å². The Bertz CT molecular complexity index is 1290. The molecule has 1 aliphatic rings. The molecule has 1 amide bonds. The Morgan fingerprint density at radius 3 is 2.78 bits per heavy atom. The topological polar surface area (TPSA) is 72.7 Å². The van der Waals surface area contributed by atoms with Crippen LogP contribution in [0.2, 0.25) is 5.02 Å². The maximum atomic E-state index is 12.7. The SMILES string of the molecule is CCOC(=O)Cn1c(C)c(/C=C2\SC(=Nc3ccc(Cl)cc3C)NC2=O)c2ccccc21. The first-order valence-electron chi connectivity index (χ1n) is 10.2. The molecule has 1 aliphatic heterocycles. The van der Waals surface area contributed by atoms with E-state index in [9.17, 15) is 9.59 Å². The lowest BCUT2D eigenvalue weighted by Gasteiger charge is -2.07. The number of nitrogens with zero attached hydrogens (tertiary/aromatic N) is 2. The maximum Gasteiger partial charge on any atom is 0.325 e. The van der Waals surface area contributed by atoms with Crippen LogP contribution >= 0.6 is 23.4 Å². The standard InChI is InChI=1S/C24H22ClN3O3S/c1-4-31-22(29)13-28-15(3)18(17-7-5-6-8-20(17)28)12-21-23(30)27-24(32-21)26-19-10-9-16(25)11-14(19)2/h5-12H,4,13H2,1-3H3,(H,26,27,30)/b21-12-. The molecule has 0 saturated carbocycles. The molecule has 0 spiro atoms. The lowest BCUT2D eigenvalue weighted by Crippen LogP contribution is -2.19. The third kappa shape index (κ3) is 4.45. The summed E-state index contributed by atoms with van der Waals surface area (Å²) in [5.74, 6) is -0.502.